The fourth-order valence-corrected chi connectivity index (χ4v) is 2.20. The molecule has 1 saturated heterocycles. The lowest BCUT2D eigenvalue weighted by atomic mass is 10.3. The van der Waals surface area contributed by atoms with Gasteiger partial charge in [0.1, 0.15) is 5.52 Å². The molecule has 0 spiro atoms. The zero-order chi connectivity index (χ0) is 13.6. The molecule has 1 fully saturated rings. The highest BCUT2D eigenvalue weighted by Crippen LogP contribution is 2.11. The van der Waals surface area contributed by atoms with E-state index in [0.29, 0.717) is 18.1 Å². The topological polar surface area (TPSA) is 60.4 Å². The number of hydrogen-bond acceptors (Lipinski definition) is 6. The van der Waals surface area contributed by atoms with Gasteiger partial charge in [0.25, 0.3) is 0 Å². The predicted molar refractivity (Wildman–Crippen MR) is 74.7 cm³/mol. The highest BCUT2D eigenvalue weighted by molar-refractivity contribution is 5.69. The van der Waals surface area contributed by atoms with Crippen LogP contribution in [0.5, 0.6) is 5.88 Å². The van der Waals surface area contributed by atoms with E-state index in [1.165, 1.54) is 0 Å². The maximum Gasteiger partial charge on any atom is 0.233 e. The van der Waals surface area contributed by atoms with Crippen molar-refractivity contribution in [1.29, 1.82) is 0 Å². The second-order valence-corrected chi connectivity index (χ2v) is 4.71. The molecule has 0 atom stereocenters. The molecule has 6 heteroatoms. The fraction of sp³-hybridized carbons (Fsp3) is 0.500. The Morgan fingerprint density at radius 1 is 1.25 bits per heavy atom. The minimum absolute atomic E-state index is 0.562. The number of morpholine rings is 1. The third-order valence-corrected chi connectivity index (χ3v) is 3.27. The molecule has 106 valence electrons. The van der Waals surface area contributed by atoms with Crippen LogP contribution in [0.15, 0.2) is 24.5 Å². The van der Waals surface area contributed by atoms with Crippen molar-refractivity contribution in [3.05, 3.63) is 24.5 Å². The summed E-state index contributed by atoms with van der Waals surface area (Å²) in [6.07, 6.45) is 4.32. The minimum Gasteiger partial charge on any atom is -0.477 e. The summed E-state index contributed by atoms with van der Waals surface area (Å²) in [6, 6.07) is 3.73. The summed E-state index contributed by atoms with van der Waals surface area (Å²) in [4.78, 5) is 15.1. The third-order valence-electron chi connectivity index (χ3n) is 3.27. The van der Waals surface area contributed by atoms with Gasteiger partial charge in [-0.25, -0.2) is 15.0 Å². The van der Waals surface area contributed by atoms with Crippen molar-refractivity contribution in [2.45, 2.75) is 6.42 Å². The largest absolute Gasteiger partial charge is 0.477 e. The number of rotatable bonds is 5. The molecule has 3 heterocycles. The lowest BCUT2D eigenvalue weighted by Crippen LogP contribution is -2.37. The van der Waals surface area contributed by atoms with Gasteiger partial charge in [0.05, 0.1) is 26.0 Å². The maximum absolute atomic E-state index is 5.65. The smallest absolute Gasteiger partial charge is 0.233 e. The van der Waals surface area contributed by atoms with E-state index >= 15 is 0 Å². The van der Waals surface area contributed by atoms with Gasteiger partial charge in [-0.15, -0.1) is 0 Å². The summed E-state index contributed by atoms with van der Waals surface area (Å²) in [5.41, 5.74) is 1.41. The molecule has 0 aliphatic carbocycles. The molecule has 0 aromatic carbocycles. The summed E-state index contributed by atoms with van der Waals surface area (Å²) in [6.45, 7) is 5.39. The van der Waals surface area contributed by atoms with Crippen LogP contribution in [0, 0.1) is 0 Å². The van der Waals surface area contributed by atoms with Crippen LogP contribution in [0.4, 0.5) is 0 Å². The van der Waals surface area contributed by atoms with E-state index in [9.17, 15) is 0 Å². The second kappa shape index (κ2) is 6.58. The van der Waals surface area contributed by atoms with Crippen molar-refractivity contribution in [2.75, 3.05) is 39.5 Å². The van der Waals surface area contributed by atoms with Crippen LogP contribution in [-0.4, -0.2) is 59.3 Å². The van der Waals surface area contributed by atoms with E-state index in [0.717, 1.165) is 44.8 Å². The van der Waals surface area contributed by atoms with Gasteiger partial charge in [0.2, 0.25) is 5.88 Å². The Kier molecular flexibility index (Phi) is 4.35. The molecule has 2 aromatic rings. The molecule has 0 saturated carbocycles. The van der Waals surface area contributed by atoms with Gasteiger partial charge in [-0.1, -0.05) is 0 Å². The van der Waals surface area contributed by atoms with Crippen LogP contribution in [0.1, 0.15) is 6.42 Å². The number of nitrogens with zero attached hydrogens (tertiary/aromatic N) is 4. The molecular weight excluding hydrogens is 256 g/mol. The molecule has 0 radical (unpaired) electrons. The highest BCUT2D eigenvalue weighted by Gasteiger charge is 2.09. The van der Waals surface area contributed by atoms with Gasteiger partial charge in [0, 0.05) is 25.8 Å². The Morgan fingerprint density at radius 3 is 3.05 bits per heavy atom. The van der Waals surface area contributed by atoms with Crippen molar-refractivity contribution in [1.82, 2.24) is 19.9 Å². The van der Waals surface area contributed by atoms with E-state index in [1.54, 1.807) is 12.4 Å². The molecule has 20 heavy (non-hydrogen) atoms. The summed E-state index contributed by atoms with van der Waals surface area (Å²) in [7, 11) is 0. The van der Waals surface area contributed by atoms with Gasteiger partial charge in [-0.3, -0.25) is 4.90 Å². The Labute approximate surface area is 117 Å². The Hall–Kier alpha value is -1.79. The molecule has 2 aromatic heterocycles. The third kappa shape index (κ3) is 3.40. The Bertz CT molecular complexity index is 558. The molecule has 0 N–H and O–H groups in total. The van der Waals surface area contributed by atoms with Crippen LogP contribution in [0.25, 0.3) is 11.2 Å². The first-order chi connectivity index (χ1) is 9.92. The molecular formula is C14H18N4O2. The van der Waals surface area contributed by atoms with E-state index in [2.05, 4.69) is 19.9 Å². The van der Waals surface area contributed by atoms with Gasteiger partial charge >= 0.3 is 0 Å². The average Bonchev–Trinajstić information content (AvgIpc) is 2.52. The summed E-state index contributed by atoms with van der Waals surface area (Å²) in [5.74, 6) is 0.562. The maximum atomic E-state index is 5.65. The first-order valence-electron chi connectivity index (χ1n) is 6.92. The summed E-state index contributed by atoms with van der Waals surface area (Å²) < 4.78 is 11.0. The van der Waals surface area contributed by atoms with Crippen LogP contribution >= 0.6 is 0 Å². The van der Waals surface area contributed by atoms with Crippen LogP contribution in [0.2, 0.25) is 0 Å². The quantitative estimate of drug-likeness (QED) is 0.762. The first kappa shape index (κ1) is 13.2. The van der Waals surface area contributed by atoms with Crippen molar-refractivity contribution < 1.29 is 9.47 Å². The molecule has 0 amide bonds. The minimum atomic E-state index is 0.562. The van der Waals surface area contributed by atoms with Gasteiger partial charge in [-0.2, -0.15) is 0 Å². The molecule has 3 rings (SSSR count). The standard InChI is InChI=1S/C14H18N4O2/c1-3-12-14(15-4-1)16-11-13(17-12)20-8-2-5-18-6-9-19-10-7-18/h1,3-4,11H,2,5-10H2. The van der Waals surface area contributed by atoms with Crippen molar-refractivity contribution in [2.24, 2.45) is 0 Å². The van der Waals surface area contributed by atoms with Crippen LogP contribution in [-0.2, 0) is 4.74 Å². The molecule has 1 aliphatic rings. The number of ether oxygens (including phenoxy) is 2. The zero-order valence-corrected chi connectivity index (χ0v) is 11.4. The normalized spacial score (nSPS) is 16.4. The van der Waals surface area contributed by atoms with Crippen molar-refractivity contribution in [3.63, 3.8) is 0 Å². The number of hydrogen-bond donors (Lipinski definition) is 0. The zero-order valence-electron chi connectivity index (χ0n) is 11.4. The first-order valence-corrected chi connectivity index (χ1v) is 6.92. The lowest BCUT2D eigenvalue weighted by molar-refractivity contribution is 0.0357. The highest BCUT2D eigenvalue weighted by atomic mass is 16.5. The Morgan fingerprint density at radius 2 is 2.15 bits per heavy atom. The van der Waals surface area contributed by atoms with E-state index in [1.807, 2.05) is 12.1 Å². The van der Waals surface area contributed by atoms with Crippen molar-refractivity contribution >= 4 is 11.2 Å². The van der Waals surface area contributed by atoms with E-state index in [4.69, 9.17) is 9.47 Å². The summed E-state index contributed by atoms with van der Waals surface area (Å²) in [5, 5.41) is 0. The fourth-order valence-electron chi connectivity index (χ4n) is 2.20. The van der Waals surface area contributed by atoms with Crippen LogP contribution < -0.4 is 4.74 Å². The Balaban J connectivity index is 1.47. The van der Waals surface area contributed by atoms with Crippen molar-refractivity contribution in [3.8, 4) is 5.88 Å². The molecule has 0 unspecified atom stereocenters. The number of aromatic nitrogens is 3. The average molecular weight is 274 g/mol. The molecule has 0 bridgehead atoms. The van der Waals surface area contributed by atoms with Gasteiger partial charge in [0.15, 0.2) is 5.65 Å². The second-order valence-electron chi connectivity index (χ2n) is 4.71. The number of pyridine rings is 1. The number of fused-ring (bicyclic) bond motifs is 1. The monoisotopic (exact) mass is 274 g/mol. The summed E-state index contributed by atoms with van der Waals surface area (Å²) >= 11 is 0. The molecule has 1 aliphatic heterocycles. The molecule has 6 nitrogen and oxygen atoms in total. The SMILES string of the molecule is c1cnc2ncc(OCCCN3CCOCC3)nc2c1. The van der Waals surface area contributed by atoms with Gasteiger partial charge < -0.3 is 9.47 Å². The van der Waals surface area contributed by atoms with E-state index in [-0.39, 0.29) is 0 Å². The van der Waals surface area contributed by atoms with Crippen LogP contribution in [0.3, 0.4) is 0 Å². The predicted octanol–water partition coefficient (Wildman–Crippen LogP) is 1.13. The van der Waals surface area contributed by atoms with E-state index < -0.39 is 0 Å². The van der Waals surface area contributed by atoms with Gasteiger partial charge in [-0.05, 0) is 18.6 Å². The lowest BCUT2D eigenvalue weighted by Gasteiger charge is -2.26.